The fourth-order valence-corrected chi connectivity index (χ4v) is 3.94. The largest absolute Gasteiger partial charge is 0.481 e. The predicted molar refractivity (Wildman–Crippen MR) is 182 cm³/mol. The summed E-state index contributed by atoms with van der Waals surface area (Å²) in [6, 6.07) is 0. The lowest BCUT2D eigenvalue weighted by molar-refractivity contribution is -0.146. The van der Waals surface area contributed by atoms with Crippen LogP contribution in [0.5, 0.6) is 0 Å². The second-order valence-corrected chi connectivity index (χ2v) is 10.7. The van der Waals surface area contributed by atoms with Crippen LogP contribution in [0.15, 0.2) is 12.2 Å². The third-order valence-corrected chi connectivity index (χ3v) is 6.59. The van der Waals surface area contributed by atoms with Gasteiger partial charge in [0.15, 0.2) is 0 Å². The number of carboxylic acids is 1. The fourth-order valence-electron chi connectivity index (χ4n) is 3.94. The van der Waals surface area contributed by atoms with Gasteiger partial charge in [0.25, 0.3) is 11.8 Å². The molecular formula is C34H59NO17. The number of carboxylic acid groups (broad SMARTS) is 1. The SMILES string of the molecule is O=C(O)CCCCC(=O)OCCOCCOCCOCCOCCOCCOCCOCCOCCOCCOCCOCCN1C(=O)C=CC1=O. The van der Waals surface area contributed by atoms with Crippen LogP contribution in [-0.2, 0) is 76.0 Å². The molecule has 0 unspecified atom stereocenters. The van der Waals surface area contributed by atoms with E-state index in [0.29, 0.717) is 145 Å². The number of aliphatic carboxylic acids is 1. The van der Waals surface area contributed by atoms with E-state index in [9.17, 15) is 19.2 Å². The summed E-state index contributed by atoms with van der Waals surface area (Å²) in [6.07, 6.45) is 3.71. The van der Waals surface area contributed by atoms with Crippen LogP contribution in [0, 0.1) is 0 Å². The maximum Gasteiger partial charge on any atom is 0.305 e. The van der Waals surface area contributed by atoms with Crippen molar-refractivity contribution in [2.45, 2.75) is 25.7 Å². The van der Waals surface area contributed by atoms with Gasteiger partial charge in [-0.3, -0.25) is 24.1 Å². The summed E-state index contributed by atoms with van der Waals surface area (Å²) in [4.78, 5) is 45.8. The molecule has 0 spiro atoms. The molecule has 0 aromatic carbocycles. The van der Waals surface area contributed by atoms with Crippen LogP contribution in [0.3, 0.4) is 0 Å². The molecule has 0 aromatic heterocycles. The van der Waals surface area contributed by atoms with E-state index in [0.717, 1.165) is 4.90 Å². The van der Waals surface area contributed by atoms with Crippen molar-refractivity contribution in [1.82, 2.24) is 4.90 Å². The number of esters is 1. The number of nitrogens with zero attached hydrogens (tertiary/aromatic N) is 1. The van der Waals surface area contributed by atoms with Crippen LogP contribution in [0.25, 0.3) is 0 Å². The Morgan fingerprint density at radius 2 is 0.692 bits per heavy atom. The molecule has 18 nitrogen and oxygen atoms in total. The fraction of sp³-hybridized carbons (Fsp3) is 0.824. The Bertz CT molecular complexity index is 904. The molecule has 52 heavy (non-hydrogen) atoms. The predicted octanol–water partition coefficient (Wildman–Crippen LogP) is 0.282. The van der Waals surface area contributed by atoms with Crippen LogP contribution in [0.1, 0.15) is 25.7 Å². The highest BCUT2D eigenvalue weighted by Crippen LogP contribution is 2.03. The molecule has 0 saturated carbocycles. The molecule has 0 bridgehead atoms. The Morgan fingerprint density at radius 1 is 0.423 bits per heavy atom. The first kappa shape index (κ1) is 47.4. The third-order valence-electron chi connectivity index (χ3n) is 6.59. The van der Waals surface area contributed by atoms with Crippen LogP contribution in [0.4, 0.5) is 0 Å². The van der Waals surface area contributed by atoms with Crippen molar-refractivity contribution in [1.29, 1.82) is 0 Å². The number of unbranched alkanes of at least 4 members (excludes halogenated alkanes) is 1. The quantitative estimate of drug-likeness (QED) is 0.0506. The van der Waals surface area contributed by atoms with Crippen molar-refractivity contribution in [2.24, 2.45) is 0 Å². The van der Waals surface area contributed by atoms with Gasteiger partial charge in [0.2, 0.25) is 0 Å². The molecule has 0 atom stereocenters. The average Bonchev–Trinajstić information content (AvgIpc) is 3.45. The number of carbonyl (C=O) groups excluding carboxylic acids is 3. The van der Waals surface area contributed by atoms with Gasteiger partial charge in [-0.15, -0.1) is 0 Å². The molecule has 0 radical (unpaired) electrons. The lowest BCUT2D eigenvalue weighted by Crippen LogP contribution is -2.33. The summed E-state index contributed by atoms with van der Waals surface area (Å²) >= 11 is 0. The van der Waals surface area contributed by atoms with Crippen molar-refractivity contribution >= 4 is 23.8 Å². The molecule has 0 aromatic rings. The van der Waals surface area contributed by atoms with Crippen LogP contribution >= 0.6 is 0 Å². The summed E-state index contributed by atoms with van der Waals surface area (Å²) < 4.78 is 64.7. The maximum absolute atomic E-state index is 11.5. The van der Waals surface area contributed by atoms with Crippen molar-refractivity contribution in [3.05, 3.63) is 12.2 Å². The zero-order valence-corrected chi connectivity index (χ0v) is 30.4. The van der Waals surface area contributed by atoms with E-state index in [4.69, 9.17) is 61.9 Å². The number of imide groups is 1. The molecule has 1 rings (SSSR count). The van der Waals surface area contributed by atoms with Gasteiger partial charge >= 0.3 is 11.9 Å². The van der Waals surface area contributed by atoms with Gasteiger partial charge in [-0.1, -0.05) is 0 Å². The minimum absolute atomic E-state index is 0.0543. The lowest BCUT2D eigenvalue weighted by atomic mass is 10.2. The molecule has 0 aliphatic carbocycles. The van der Waals surface area contributed by atoms with Crippen LogP contribution in [-0.4, -0.2) is 192 Å². The van der Waals surface area contributed by atoms with Gasteiger partial charge in [0.1, 0.15) is 6.61 Å². The first-order valence-electron chi connectivity index (χ1n) is 17.8. The van der Waals surface area contributed by atoms with Crippen LogP contribution < -0.4 is 0 Å². The molecule has 1 aliphatic rings. The van der Waals surface area contributed by atoms with Crippen molar-refractivity contribution in [3.8, 4) is 0 Å². The van der Waals surface area contributed by atoms with E-state index in [2.05, 4.69) is 0 Å². The molecule has 0 saturated heterocycles. The Morgan fingerprint density at radius 3 is 1.00 bits per heavy atom. The molecule has 1 heterocycles. The van der Waals surface area contributed by atoms with E-state index in [1.54, 1.807) is 0 Å². The minimum atomic E-state index is -0.868. The summed E-state index contributed by atoms with van der Waals surface area (Å²) in [7, 11) is 0. The monoisotopic (exact) mass is 753 g/mol. The molecule has 0 fully saturated rings. The lowest BCUT2D eigenvalue weighted by Gasteiger charge is -2.13. The number of hydrogen-bond acceptors (Lipinski definition) is 16. The number of amides is 2. The number of rotatable bonds is 41. The highest BCUT2D eigenvalue weighted by atomic mass is 16.6. The highest BCUT2D eigenvalue weighted by Gasteiger charge is 2.22. The third kappa shape index (κ3) is 32.1. The Labute approximate surface area is 306 Å². The zero-order chi connectivity index (χ0) is 37.6. The minimum Gasteiger partial charge on any atom is -0.481 e. The molecular weight excluding hydrogens is 694 g/mol. The first-order chi connectivity index (χ1) is 25.5. The topological polar surface area (TPSA) is 203 Å². The normalized spacial score (nSPS) is 12.7. The summed E-state index contributed by atoms with van der Waals surface area (Å²) in [5, 5.41) is 8.55. The Hall–Kier alpha value is -2.62. The Kier molecular flexibility index (Phi) is 33.5. The summed E-state index contributed by atoms with van der Waals surface area (Å²) in [5.41, 5.74) is 0. The number of carbonyl (C=O) groups is 4. The maximum atomic E-state index is 11.5. The van der Waals surface area contributed by atoms with Crippen molar-refractivity contribution in [3.63, 3.8) is 0 Å². The smallest absolute Gasteiger partial charge is 0.305 e. The Balaban J connectivity index is 1.63. The van der Waals surface area contributed by atoms with E-state index in [1.165, 1.54) is 12.2 Å². The first-order valence-corrected chi connectivity index (χ1v) is 17.8. The van der Waals surface area contributed by atoms with Gasteiger partial charge in [0.05, 0.1) is 152 Å². The number of ether oxygens (including phenoxy) is 12. The summed E-state index contributed by atoms with van der Waals surface area (Å²) in [6.45, 7) is 9.76. The standard InChI is InChI=1S/C34H59NO17/c36-31-5-6-32(37)35(31)7-8-41-9-10-42-11-12-43-13-14-44-15-16-45-17-18-46-19-20-47-21-22-48-23-24-49-25-26-50-27-28-51-29-30-52-34(40)4-2-1-3-33(38)39/h5-6H,1-4,7-30H2,(H,38,39). The van der Waals surface area contributed by atoms with Gasteiger partial charge in [-0.05, 0) is 12.8 Å². The highest BCUT2D eigenvalue weighted by molar-refractivity contribution is 6.12. The molecule has 1 aliphatic heterocycles. The zero-order valence-electron chi connectivity index (χ0n) is 30.4. The molecule has 1 N–H and O–H groups in total. The molecule has 18 heteroatoms. The van der Waals surface area contributed by atoms with Gasteiger partial charge in [-0.2, -0.15) is 0 Å². The van der Waals surface area contributed by atoms with E-state index < -0.39 is 5.97 Å². The van der Waals surface area contributed by atoms with Crippen molar-refractivity contribution in [2.75, 3.05) is 159 Å². The van der Waals surface area contributed by atoms with Crippen molar-refractivity contribution < 1.29 is 81.1 Å². The molecule has 2 amide bonds. The summed E-state index contributed by atoms with van der Waals surface area (Å²) in [5.74, 6) is -1.85. The van der Waals surface area contributed by atoms with Crippen LogP contribution in [0.2, 0.25) is 0 Å². The van der Waals surface area contributed by atoms with Gasteiger partial charge in [0, 0.05) is 25.0 Å². The molecule has 302 valence electrons. The van der Waals surface area contributed by atoms with E-state index in [1.807, 2.05) is 0 Å². The van der Waals surface area contributed by atoms with E-state index >= 15 is 0 Å². The average molecular weight is 754 g/mol. The van der Waals surface area contributed by atoms with Gasteiger partial charge < -0.3 is 61.9 Å². The second-order valence-electron chi connectivity index (χ2n) is 10.7. The second kappa shape index (κ2) is 36.7. The number of hydrogen-bond donors (Lipinski definition) is 1. The van der Waals surface area contributed by atoms with Gasteiger partial charge in [-0.25, -0.2) is 0 Å². The van der Waals surface area contributed by atoms with E-state index in [-0.39, 0.29) is 57.0 Å².